The quantitative estimate of drug-likeness (QED) is 0.761. The molecule has 0 spiro atoms. The first kappa shape index (κ1) is 10.7. The van der Waals surface area contributed by atoms with Gasteiger partial charge >= 0.3 is 0 Å². The van der Waals surface area contributed by atoms with E-state index in [4.69, 9.17) is 11.5 Å². The molecule has 0 unspecified atom stereocenters. The highest BCUT2D eigenvalue weighted by molar-refractivity contribution is 7.12. The number of thiophene rings is 1. The van der Waals surface area contributed by atoms with E-state index in [1.807, 2.05) is 0 Å². The average molecular weight is 198 g/mol. The van der Waals surface area contributed by atoms with Gasteiger partial charge < -0.3 is 11.5 Å². The molecule has 0 aliphatic carbocycles. The Labute approximate surface area is 83.9 Å². The zero-order chi connectivity index (χ0) is 9.68. The second kappa shape index (κ2) is 5.37. The molecule has 0 bridgehead atoms. The number of hydrogen-bond donors (Lipinski definition) is 2. The van der Waals surface area contributed by atoms with Crippen molar-refractivity contribution in [1.82, 2.24) is 0 Å². The van der Waals surface area contributed by atoms with Gasteiger partial charge in [-0.25, -0.2) is 0 Å². The van der Waals surface area contributed by atoms with E-state index in [1.165, 1.54) is 29.0 Å². The van der Waals surface area contributed by atoms with Crippen LogP contribution in [0, 0.1) is 0 Å². The van der Waals surface area contributed by atoms with Crippen molar-refractivity contribution >= 4 is 11.3 Å². The lowest BCUT2D eigenvalue weighted by Crippen LogP contribution is -2.19. The molecular weight excluding hydrogens is 180 g/mol. The van der Waals surface area contributed by atoms with Crippen LogP contribution in [0.3, 0.4) is 0 Å². The molecule has 0 fully saturated rings. The van der Waals surface area contributed by atoms with Crippen molar-refractivity contribution in [3.05, 3.63) is 21.9 Å². The smallest absolute Gasteiger partial charge is 0.0514 e. The predicted molar refractivity (Wildman–Crippen MR) is 58.9 cm³/mol. The van der Waals surface area contributed by atoms with Gasteiger partial charge in [-0.3, -0.25) is 0 Å². The maximum atomic E-state index is 5.82. The molecular formula is C10H18N2S. The van der Waals surface area contributed by atoms with Crippen molar-refractivity contribution in [2.24, 2.45) is 11.5 Å². The second-order valence-electron chi connectivity index (χ2n) is 3.25. The van der Waals surface area contributed by atoms with Crippen LogP contribution in [-0.4, -0.2) is 6.54 Å². The molecule has 0 aliphatic rings. The largest absolute Gasteiger partial charge is 0.329 e. The molecule has 13 heavy (non-hydrogen) atoms. The van der Waals surface area contributed by atoms with Gasteiger partial charge in [-0.05, 0) is 25.0 Å². The fourth-order valence-electron chi connectivity index (χ4n) is 1.20. The Balaban J connectivity index is 2.53. The van der Waals surface area contributed by atoms with Crippen LogP contribution in [0.25, 0.3) is 0 Å². The van der Waals surface area contributed by atoms with Crippen LogP contribution in [0.2, 0.25) is 0 Å². The lowest BCUT2D eigenvalue weighted by molar-refractivity contribution is 0.752. The third-order valence-electron chi connectivity index (χ3n) is 2.08. The number of nitrogens with two attached hydrogens (primary N) is 2. The zero-order valence-electron chi connectivity index (χ0n) is 8.12. The summed E-state index contributed by atoms with van der Waals surface area (Å²) in [5, 5.41) is 0. The van der Waals surface area contributed by atoms with Crippen molar-refractivity contribution in [2.45, 2.75) is 32.2 Å². The lowest BCUT2D eigenvalue weighted by Gasteiger charge is -2.03. The van der Waals surface area contributed by atoms with Gasteiger partial charge in [-0.1, -0.05) is 13.3 Å². The molecule has 0 aromatic carbocycles. The van der Waals surface area contributed by atoms with E-state index in [-0.39, 0.29) is 6.04 Å². The molecule has 0 saturated heterocycles. The van der Waals surface area contributed by atoms with E-state index >= 15 is 0 Å². The minimum atomic E-state index is 0.0281. The molecule has 1 atom stereocenters. The highest BCUT2D eigenvalue weighted by Crippen LogP contribution is 2.22. The highest BCUT2D eigenvalue weighted by Gasteiger charge is 2.06. The van der Waals surface area contributed by atoms with Gasteiger partial charge in [0, 0.05) is 16.3 Å². The molecule has 1 heterocycles. The van der Waals surface area contributed by atoms with Crippen LogP contribution in [0.4, 0.5) is 0 Å². The third-order valence-corrected chi connectivity index (χ3v) is 3.36. The van der Waals surface area contributed by atoms with Crippen LogP contribution < -0.4 is 11.5 Å². The van der Waals surface area contributed by atoms with Gasteiger partial charge in [0.05, 0.1) is 6.04 Å². The van der Waals surface area contributed by atoms with Gasteiger partial charge in [-0.15, -0.1) is 11.3 Å². The molecule has 3 heteroatoms. The summed E-state index contributed by atoms with van der Waals surface area (Å²) in [7, 11) is 0. The number of hydrogen-bond acceptors (Lipinski definition) is 3. The summed E-state index contributed by atoms with van der Waals surface area (Å²) in [6.07, 6.45) is 3.69. The predicted octanol–water partition coefficient (Wildman–Crippen LogP) is 2.05. The summed E-state index contributed by atoms with van der Waals surface area (Å²) in [5.41, 5.74) is 11.3. The van der Waals surface area contributed by atoms with Crippen molar-refractivity contribution in [3.8, 4) is 0 Å². The highest BCUT2D eigenvalue weighted by atomic mass is 32.1. The van der Waals surface area contributed by atoms with Crippen LogP contribution >= 0.6 is 11.3 Å². The Morgan fingerprint density at radius 2 is 2.23 bits per heavy atom. The van der Waals surface area contributed by atoms with E-state index in [0.717, 1.165) is 0 Å². The first-order valence-corrected chi connectivity index (χ1v) is 5.63. The number of rotatable bonds is 5. The molecule has 2 nitrogen and oxygen atoms in total. The molecule has 74 valence electrons. The van der Waals surface area contributed by atoms with Gasteiger partial charge in [0.2, 0.25) is 0 Å². The molecule has 4 N–H and O–H groups in total. The Hall–Kier alpha value is -0.380. The summed E-state index contributed by atoms with van der Waals surface area (Å²) in [4.78, 5) is 2.65. The SMILES string of the molecule is CCCCc1ccc([C@H](N)CN)s1. The summed E-state index contributed by atoms with van der Waals surface area (Å²) >= 11 is 1.80. The van der Waals surface area contributed by atoms with Crippen molar-refractivity contribution < 1.29 is 0 Å². The number of aryl methyl sites for hydroxylation is 1. The van der Waals surface area contributed by atoms with E-state index in [1.54, 1.807) is 11.3 Å². The van der Waals surface area contributed by atoms with Crippen molar-refractivity contribution in [2.75, 3.05) is 6.54 Å². The van der Waals surface area contributed by atoms with Crippen LogP contribution in [0.1, 0.15) is 35.6 Å². The van der Waals surface area contributed by atoms with Crippen LogP contribution in [-0.2, 0) is 6.42 Å². The minimum absolute atomic E-state index is 0.0281. The lowest BCUT2D eigenvalue weighted by atomic mass is 10.2. The first-order valence-electron chi connectivity index (χ1n) is 4.82. The fourth-order valence-corrected chi connectivity index (χ4v) is 2.26. The van der Waals surface area contributed by atoms with Crippen LogP contribution in [0.15, 0.2) is 12.1 Å². The maximum Gasteiger partial charge on any atom is 0.0514 e. The molecule has 0 aliphatic heterocycles. The first-order chi connectivity index (χ1) is 6.27. The molecule has 0 saturated carbocycles. The standard InChI is InChI=1S/C10H18N2S/c1-2-3-4-8-5-6-10(13-8)9(12)7-11/h5-6,9H,2-4,7,11-12H2,1H3/t9-/m1/s1. The normalized spacial score (nSPS) is 13.2. The number of unbranched alkanes of at least 4 members (excludes halogenated alkanes) is 1. The Bertz CT molecular complexity index is 245. The second-order valence-corrected chi connectivity index (χ2v) is 4.45. The van der Waals surface area contributed by atoms with E-state index in [9.17, 15) is 0 Å². The fraction of sp³-hybridized carbons (Fsp3) is 0.600. The zero-order valence-corrected chi connectivity index (χ0v) is 8.94. The summed E-state index contributed by atoms with van der Waals surface area (Å²) in [5.74, 6) is 0. The summed E-state index contributed by atoms with van der Waals surface area (Å²) in [6.45, 7) is 2.74. The van der Waals surface area contributed by atoms with Gasteiger partial charge in [-0.2, -0.15) is 0 Å². The Morgan fingerprint density at radius 1 is 1.46 bits per heavy atom. The molecule has 1 rings (SSSR count). The molecule has 0 amide bonds. The molecule has 1 aromatic heterocycles. The van der Waals surface area contributed by atoms with Crippen molar-refractivity contribution in [3.63, 3.8) is 0 Å². The van der Waals surface area contributed by atoms with Crippen LogP contribution in [0.5, 0.6) is 0 Å². The summed E-state index contributed by atoms with van der Waals surface area (Å²) < 4.78 is 0. The Morgan fingerprint density at radius 3 is 2.85 bits per heavy atom. The van der Waals surface area contributed by atoms with Gasteiger partial charge in [0.15, 0.2) is 0 Å². The van der Waals surface area contributed by atoms with Crippen molar-refractivity contribution in [1.29, 1.82) is 0 Å². The van der Waals surface area contributed by atoms with E-state index in [2.05, 4.69) is 19.1 Å². The van der Waals surface area contributed by atoms with Gasteiger partial charge in [0.25, 0.3) is 0 Å². The summed E-state index contributed by atoms with van der Waals surface area (Å²) in [6, 6.07) is 4.30. The molecule has 0 radical (unpaired) electrons. The van der Waals surface area contributed by atoms with E-state index < -0.39 is 0 Å². The van der Waals surface area contributed by atoms with Gasteiger partial charge in [0.1, 0.15) is 0 Å². The van der Waals surface area contributed by atoms with E-state index in [0.29, 0.717) is 6.54 Å². The monoisotopic (exact) mass is 198 g/mol. The average Bonchev–Trinajstić information content (AvgIpc) is 2.62. The molecule has 1 aromatic rings. The maximum absolute atomic E-state index is 5.82. The third kappa shape index (κ3) is 3.10. The Kier molecular flexibility index (Phi) is 4.42. The minimum Gasteiger partial charge on any atom is -0.329 e. The topological polar surface area (TPSA) is 52.0 Å².